The molecule has 2 heterocycles. The maximum absolute atomic E-state index is 15.6. The second-order valence-electron chi connectivity index (χ2n) is 24.3. The molecule has 1 aliphatic carbocycles. The number of Topliss-reactive ketones (excluding diaryl/α,β-unsaturated/α-hetero) is 1. The molecule has 0 bridgehead atoms. The third kappa shape index (κ3) is 13.9. The molecule has 9 atom stereocenters. The summed E-state index contributed by atoms with van der Waals surface area (Å²) in [6.45, 7) is 19.4. The fourth-order valence-electron chi connectivity index (χ4n) is 11.4. The van der Waals surface area contributed by atoms with Crippen molar-refractivity contribution in [2.24, 2.45) is 22.7 Å². The van der Waals surface area contributed by atoms with Crippen LogP contribution < -0.4 is 26.0 Å². The molecule has 7 rings (SSSR count). The zero-order chi connectivity index (χ0) is 57.5. The van der Waals surface area contributed by atoms with Crippen LogP contribution in [0.25, 0.3) is 0 Å². The Hall–Kier alpha value is -6.87. The number of fused-ring (bicyclic) bond motifs is 2. The van der Waals surface area contributed by atoms with E-state index in [0.29, 0.717) is 17.7 Å². The van der Waals surface area contributed by atoms with Gasteiger partial charge in [0.2, 0.25) is 29.5 Å². The van der Waals surface area contributed by atoms with E-state index in [9.17, 15) is 24.0 Å². The van der Waals surface area contributed by atoms with Gasteiger partial charge in [-0.1, -0.05) is 134 Å². The van der Waals surface area contributed by atoms with Gasteiger partial charge in [-0.3, -0.25) is 33.6 Å². The second kappa shape index (κ2) is 25.5. The Balaban J connectivity index is 1.16. The minimum Gasteiger partial charge on any atom is -0.496 e. The zero-order valence-electron chi connectivity index (χ0n) is 48.6. The fraction of sp³-hybridized carbons (Fsp3) is 0.516. The summed E-state index contributed by atoms with van der Waals surface area (Å²) in [5.74, 6) is -2.37. The van der Waals surface area contributed by atoms with Gasteiger partial charge in [0.05, 0.1) is 25.2 Å². The Morgan fingerprint density at radius 1 is 0.747 bits per heavy atom. The van der Waals surface area contributed by atoms with Gasteiger partial charge in [0.1, 0.15) is 29.7 Å². The van der Waals surface area contributed by atoms with Gasteiger partial charge in [-0.15, -0.1) is 0 Å². The summed E-state index contributed by atoms with van der Waals surface area (Å²) in [6.07, 6.45) is 3.64. The van der Waals surface area contributed by atoms with Gasteiger partial charge in [-0.2, -0.15) is 0 Å². The first-order chi connectivity index (χ1) is 37.4. The summed E-state index contributed by atoms with van der Waals surface area (Å²) in [4.78, 5) is 106. The molecular weight excluding hydrogens is 995 g/mol. The van der Waals surface area contributed by atoms with Crippen LogP contribution in [0, 0.1) is 22.7 Å². The predicted molar refractivity (Wildman–Crippen MR) is 306 cm³/mol. The Morgan fingerprint density at radius 3 is 2.04 bits per heavy atom. The van der Waals surface area contributed by atoms with Crippen LogP contribution in [0.3, 0.4) is 0 Å². The molecule has 0 spiro atoms. The van der Waals surface area contributed by atoms with Crippen molar-refractivity contribution in [2.45, 2.75) is 170 Å². The summed E-state index contributed by atoms with van der Waals surface area (Å²) in [5.41, 5.74) is 4.69. The molecule has 79 heavy (non-hydrogen) atoms. The number of amides is 6. The number of ether oxygens (including phenoxy) is 1. The molecule has 1 saturated heterocycles. The highest BCUT2D eigenvalue weighted by atomic mass is 16.5. The first-order valence-electron chi connectivity index (χ1n) is 28.3. The molecule has 1 fully saturated rings. The molecule has 15 nitrogen and oxygen atoms in total. The number of methoxy groups -OCH3 is 1. The lowest BCUT2D eigenvalue weighted by atomic mass is 9.76. The zero-order valence-corrected chi connectivity index (χ0v) is 48.6. The Kier molecular flexibility index (Phi) is 19.3. The quantitative estimate of drug-likeness (QED) is 0.0715. The van der Waals surface area contributed by atoms with Crippen LogP contribution in [0.5, 0.6) is 5.75 Å². The first-order valence-corrected chi connectivity index (χ1v) is 28.3. The molecule has 4 aromatic carbocycles. The number of nitrogens with zero attached hydrogens (tertiary/aromatic N) is 3. The summed E-state index contributed by atoms with van der Waals surface area (Å²) in [7, 11) is 3.30. The fourth-order valence-corrected chi connectivity index (χ4v) is 11.4. The average molecular weight is 1080 g/mol. The SMILES string of the molecule is CC[C@@H](C)C(=O)N[C@H](C(=O)N1Cc2ccccc2C[C@H]1C(=O)N(Cc1ccc(C(=O)NC2C[C@@H](C(=O)NC3CCCc4ccccc43)N(C(=O)[C@@H](CC(=O)[C@H](C)NC)C(C)(C)C)C2)cc1)C(C)c1ccccc1OC)C(C)(C)C. The lowest BCUT2D eigenvalue weighted by molar-refractivity contribution is -0.152. The number of rotatable bonds is 19. The number of hydrogen-bond acceptors (Lipinski definition) is 9. The van der Waals surface area contributed by atoms with Crippen LogP contribution in [-0.2, 0) is 54.7 Å². The number of likely N-dealkylation sites (N-methyl/N-ethyl adjacent to an activating group) is 1. The first kappa shape index (κ1) is 59.8. The summed E-state index contributed by atoms with van der Waals surface area (Å²) in [6, 6.07) is 25.9. The predicted octanol–water partition coefficient (Wildman–Crippen LogP) is 8.44. The molecule has 15 heteroatoms. The summed E-state index contributed by atoms with van der Waals surface area (Å²) in [5, 5.41) is 12.5. The molecule has 4 N–H and O–H groups in total. The van der Waals surface area contributed by atoms with E-state index in [1.54, 1.807) is 47.9 Å². The third-order valence-corrected chi connectivity index (χ3v) is 16.8. The van der Waals surface area contributed by atoms with E-state index < -0.39 is 58.9 Å². The Labute approximate surface area is 468 Å². The molecule has 2 aliphatic heterocycles. The molecule has 0 aromatic heterocycles. The van der Waals surface area contributed by atoms with Crippen molar-refractivity contribution in [1.29, 1.82) is 0 Å². The van der Waals surface area contributed by atoms with Crippen molar-refractivity contribution in [1.82, 2.24) is 36.0 Å². The number of likely N-dealkylation sites (tertiary alicyclic amines) is 1. The van der Waals surface area contributed by atoms with Crippen LogP contribution in [0.2, 0.25) is 0 Å². The highest BCUT2D eigenvalue weighted by Crippen LogP contribution is 2.37. The number of ketones is 1. The van der Waals surface area contributed by atoms with Crippen molar-refractivity contribution in [3.63, 3.8) is 0 Å². The van der Waals surface area contributed by atoms with Gasteiger partial charge in [-0.05, 0) is 110 Å². The van der Waals surface area contributed by atoms with Crippen molar-refractivity contribution < 1.29 is 38.3 Å². The maximum Gasteiger partial charge on any atom is 0.251 e. The maximum atomic E-state index is 15.6. The molecule has 6 amide bonds. The highest BCUT2D eigenvalue weighted by Gasteiger charge is 2.47. The minimum absolute atomic E-state index is 0.00389. The molecule has 3 aliphatic rings. The van der Waals surface area contributed by atoms with Crippen LogP contribution in [0.15, 0.2) is 97.1 Å². The lowest BCUT2D eigenvalue weighted by Gasteiger charge is -2.43. The minimum atomic E-state index is -0.923. The average Bonchev–Trinajstić information content (AvgIpc) is 4.02. The van der Waals surface area contributed by atoms with Crippen LogP contribution >= 0.6 is 0 Å². The van der Waals surface area contributed by atoms with E-state index >= 15 is 9.59 Å². The number of para-hydroxylation sites is 1. The number of nitrogens with one attached hydrogen (secondary N) is 4. The van der Waals surface area contributed by atoms with Crippen molar-refractivity contribution in [3.05, 3.63) is 136 Å². The number of hydrogen-bond donors (Lipinski definition) is 4. The largest absolute Gasteiger partial charge is 0.496 e. The summed E-state index contributed by atoms with van der Waals surface area (Å²) < 4.78 is 5.82. The summed E-state index contributed by atoms with van der Waals surface area (Å²) >= 11 is 0. The monoisotopic (exact) mass is 1080 g/mol. The molecule has 424 valence electrons. The molecule has 0 radical (unpaired) electrons. The van der Waals surface area contributed by atoms with E-state index in [1.165, 1.54) is 5.56 Å². The standard InChI is InChI=1S/C64H85N7O8/c1-13-39(2)57(73)68-56(64(8,9)10)62(78)70-37-46-23-15-14-22-45(46)33-53(70)61(77)69(41(4)48-25-18-19-28-55(48)79-12)36-42-29-31-44(32-30-42)58(74)66-47-34-52(59(75)67-51-27-20-24-43-21-16-17-26-49(43)51)71(38-47)60(76)50(63(5,6)7)35-54(72)40(3)65-11/h14-19,21-23,25-26,28-32,39-41,47,50-53,56,65H,13,20,24,27,33-38H2,1-12H3,(H,66,74)(H,67,75)(H,68,73)/t39-,40+,41?,47?,50-,51?,52+,53+,56-/m1/s1. The Bertz CT molecular complexity index is 2850. The van der Waals surface area contributed by atoms with Gasteiger partial charge >= 0.3 is 0 Å². The van der Waals surface area contributed by atoms with Crippen LogP contribution in [0.1, 0.15) is 157 Å². The molecular formula is C64H85N7O8. The second-order valence-corrected chi connectivity index (χ2v) is 24.3. The topological polar surface area (TPSA) is 187 Å². The van der Waals surface area contributed by atoms with Crippen LogP contribution in [0.4, 0.5) is 0 Å². The molecule has 4 aromatic rings. The van der Waals surface area contributed by atoms with Gasteiger partial charge in [-0.25, -0.2) is 0 Å². The lowest BCUT2D eigenvalue weighted by Crippen LogP contribution is -2.61. The van der Waals surface area contributed by atoms with Crippen molar-refractivity contribution in [2.75, 3.05) is 20.7 Å². The van der Waals surface area contributed by atoms with Gasteiger partial charge in [0.25, 0.3) is 5.91 Å². The van der Waals surface area contributed by atoms with E-state index in [2.05, 4.69) is 27.3 Å². The van der Waals surface area contributed by atoms with E-state index in [1.807, 2.05) is 141 Å². The smallest absolute Gasteiger partial charge is 0.251 e. The van der Waals surface area contributed by atoms with Gasteiger partial charge in [0.15, 0.2) is 0 Å². The Morgan fingerprint density at radius 2 is 1.39 bits per heavy atom. The molecule has 3 unspecified atom stereocenters. The van der Waals surface area contributed by atoms with Gasteiger partial charge < -0.3 is 40.7 Å². The number of benzene rings is 4. The van der Waals surface area contributed by atoms with E-state index in [4.69, 9.17) is 4.74 Å². The third-order valence-electron chi connectivity index (χ3n) is 16.8. The normalized spacial score (nSPS) is 20.1. The van der Waals surface area contributed by atoms with Gasteiger partial charge in [0, 0.05) is 61.5 Å². The van der Waals surface area contributed by atoms with E-state index in [0.717, 1.165) is 47.1 Å². The number of aryl methyl sites for hydroxylation is 1. The number of carbonyl (C=O) groups is 7. The van der Waals surface area contributed by atoms with E-state index in [-0.39, 0.29) is 86.2 Å². The van der Waals surface area contributed by atoms with Crippen molar-refractivity contribution in [3.8, 4) is 5.75 Å². The van der Waals surface area contributed by atoms with Crippen molar-refractivity contribution >= 4 is 41.2 Å². The highest BCUT2D eigenvalue weighted by molar-refractivity contribution is 5.96. The van der Waals surface area contributed by atoms with Crippen LogP contribution in [-0.4, -0.2) is 107 Å². The molecule has 0 saturated carbocycles. The number of carbonyl (C=O) groups excluding carboxylic acids is 7.